The van der Waals surface area contributed by atoms with Crippen LogP contribution in [-0.4, -0.2) is 0 Å². The van der Waals surface area contributed by atoms with E-state index in [1.807, 2.05) is 0 Å². The maximum Gasteiger partial charge on any atom is 0.0167 e. The summed E-state index contributed by atoms with van der Waals surface area (Å²) in [7, 11) is 0. The Morgan fingerprint density at radius 1 is 0.625 bits per heavy atom. The summed E-state index contributed by atoms with van der Waals surface area (Å²) < 4.78 is 0. The van der Waals surface area contributed by atoms with E-state index in [1.54, 1.807) is 5.56 Å². The van der Waals surface area contributed by atoms with Crippen molar-refractivity contribution in [2.45, 2.75) is 37.5 Å². The molecule has 3 aromatic rings. The van der Waals surface area contributed by atoms with Gasteiger partial charge in [-0.15, -0.1) is 0 Å². The van der Waals surface area contributed by atoms with Gasteiger partial charge < -0.3 is 0 Å². The van der Waals surface area contributed by atoms with Crippen molar-refractivity contribution in [3.63, 3.8) is 0 Å². The Hall–Kier alpha value is -2.34. The lowest BCUT2D eigenvalue weighted by Crippen LogP contribution is -2.12. The van der Waals surface area contributed by atoms with Crippen molar-refractivity contribution >= 4 is 0 Å². The Morgan fingerprint density at radius 3 is 1.79 bits per heavy atom. The van der Waals surface area contributed by atoms with E-state index in [4.69, 9.17) is 0 Å². The molecule has 24 heavy (non-hydrogen) atoms. The molecule has 0 aliphatic heterocycles. The Balaban J connectivity index is 1.90. The molecule has 1 aliphatic carbocycles. The highest BCUT2D eigenvalue weighted by Gasteiger charge is 2.41. The van der Waals surface area contributed by atoms with Gasteiger partial charge in [0.15, 0.2) is 0 Å². The van der Waals surface area contributed by atoms with Crippen molar-refractivity contribution in [2.24, 2.45) is 0 Å². The molecule has 4 rings (SSSR count). The van der Waals surface area contributed by atoms with E-state index in [-0.39, 0.29) is 0 Å². The molecule has 3 unspecified atom stereocenters. The maximum absolute atomic E-state index is 2.36. The first kappa shape index (κ1) is 15.2. The third kappa shape index (κ3) is 2.57. The van der Waals surface area contributed by atoms with Gasteiger partial charge in [-0.05, 0) is 34.6 Å². The third-order valence-corrected chi connectivity index (χ3v) is 5.47. The second-order valence-electron chi connectivity index (χ2n) is 6.85. The van der Waals surface area contributed by atoms with Crippen molar-refractivity contribution in [3.05, 3.63) is 107 Å². The minimum atomic E-state index is 0.460. The van der Waals surface area contributed by atoms with Gasteiger partial charge in [0.05, 0.1) is 0 Å². The minimum Gasteiger partial charge on any atom is -0.0654 e. The van der Waals surface area contributed by atoms with Crippen molar-refractivity contribution in [1.29, 1.82) is 0 Å². The lowest BCUT2D eigenvalue weighted by atomic mass is 9.76. The average molecular weight is 312 g/mol. The molecular weight excluding hydrogens is 288 g/mol. The summed E-state index contributed by atoms with van der Waals surface area (Å²) in [6.45, 7) is 2.31. The molecule has 0 N–H and O–H groups in total. The van der Waals surface area contributed by atoms with Crippen LogP contribution < -0.4 is 0 Å². The highest BCUT2D eigenvalue weighted by Crippen LogP contribution is 2.56. The standard InChI is InChI=1S/C24H24/c1-2-11-21-20-16-9-10-17-22(20)24(19-14-7-4-8-15-19)23(21)18-12-5-3-6-13-18/h3-10,12-17,21,23-24H,2,11H2,1H3. The van der Waals surface area contributed by atoms with Crippen LogP contribution in [0.4, 0.5) is 0 Å². The minimum absolute atomic E-state index is 0.460. The van der Waals surface area contributed by atoms with E-state index < -0.39 is 0 Å². The van der Waals surface area contributed by atoms with Gasteiger partial charge in [-0.25, -0.2) is 0 Å². The fourth-order valence-corrected chi connectivity index (χ4v) is 4.54. The number of hydrogen-bond acceptors (Lipinski definition) is 0. The highest BCUT2D eigenvalue weighted by atomic mass is 14.4. The highest BCUT2D eigenvalue weighted by molar-refractivity contribution is 5.51. The predicted octanol–water partition coefficient (Wildman–Crippen LogP) is 6.50. The predicted molar refractivity (Wildman–Crippen MR) is 102 cm³/mol. The number of rotatable bonds is 4. The molecule has 1 aliphatic rings. The van der Waals surface area contributed by atoms with Crippen LogP contribution in [0.2, 0.25) is 0 Å². The Labute approximate surface area is 145 Å². The molecule has 0 saturated carbocycles. The Morgan fingerprint density at radius 2 is 1.17 bits per heavy atom. The smallest absolute Gasteiger partial charge is 0.0167 e. The Bertz CT molecular complexity index is 789. The SMILES string of the molecule is CCCC1c2ccccc2C(c2ccccc2)C1c1ccccc1. The summed E-state index contributed by atoms with van der Waals surface area (Å²) in [5, 5.41) is 0. The van der Waals surface area contributed by atoms with Crippen LogP contribution in [0.1, 0.15) is 59.8 Å². The number of benzene rings is 3. The van der Waals surface area contributed by atoms with Gasteiger partial charge in [0.1, 0.15) is 0 Å². The van der Waals surface area contributed by atoms with Crippen LogP contribution in [-0.2, 0) is 0 Å². The van der Waals surface area contributed by atoms with Crippen molar-refractivity contribution in [3.8, 4) is 0 Å². The topological polar surface area (TPSA) is 0 Å². The number of fused-ring (bicyclic) bond motifs is 1. The summed E-state index contributed by atoms with van der Waals surface area (Å²) in [5.74, 6) is 1.60. The average Bonchev–Trinajstić information content (AvgIpc) is 2.98. The lowest BCUT2D eigenvalue weighted by Gasteiger charge is -2.26. The van der Waals surface area contributed by atoms with Crippen LogP contribution >= 0.6 is 0 Å². The first-order chi connectivity index (χ1) is 11.9. The van der Waals surface area contributed by atoms with Gasteiger partial charge in [-0.1, -0.05) is 98.3 Å². The second kappa shape index (κ2) is 6.65. The van der Waals surface area contributed by atoms with Crippen LogP contribution in [0.3, 0.4) is 0 Å². The molecular formula is C24H24. The Kier molecular flexibility index (Phi) is 4.21. The molecule has 0 bridgehead atoms. The molecule has 3 aromatic carbocycles. The zero-order valence-corrected chi connectivity index (χ0v) is 14.2. The quantitative estimate of drug-likeness (QED) is 0.516. The first-order valence-electron chi connectivity index (χ1n) is 9.09. The van der Waals surface area contributed by atoms with Gasteiger partial charge in [0.25, 0.3) is 0 Å². The fourth-order valence-electron chi connectivity index (χ4n) is 4.54. The van der Waals surface area contributed by atoms with E-state index in [0.717, 1.165) is 0 Å². The maximum atomic E-state index is 2.36. The zero-order valence-electron chi connectivity index (χ0n) is 14.2. The summed E-state index contributed by atoms with van der Waals surface area (Å²) in [4.78, 5) is 0. The molecule has 0 radical (unpaired) electrons. The van der Waals surface area contributed by atoms with E-state index in [1.165, 1.54) is 29.5 Å². The molecule has 0 heteroatoms. The van der Waals surface area contributed by atoms with Gasteiger partial charge in [-0.2, -0.15) is 0 Å². The van der Waals surface area contributed by atoms with E-state index in [2.05, 4.69) is 91.9 Å². The molecule has 0 amide bonds. The first-order valence-corrected chi connectivity index (χ1v) is 9.09. The molecule has 0 spiro atoms. The molecule has 0 aromatic heterocycles. The summed E-state index contributed by atoms with van der Waals surface area (Å²) in [5.41, 5.74) is 6.00. The molecule has 3 atom stereocenters. The summed E-state index contributed by atoms with van der Waals surface area (Å²) in [6.07, 6.45) is 2.48. The summed E-state index contributed by atoms with van der Waals surface area (Å²) >= 11 is 0. The largest absolute Gasteiger partial charge is 0.0654 e. The molecule has 120 valence electrons. The molecule has 0 heterocycles. The van der Waals surface area contributed by atoms with E-state index >= 15 is 0 Å². The lowest BCUT2D eigenvalue weighted by molar-refractivity contribution is 0.504. The van der Waals surface area contributed by atoms with Gasteiger partial charge in [-0.3, -0.25) is 0 Å². The van der Waals surface area contributed by atoms with Gasteiger partial charge in [0, 0.05) is 11.8 Å². The fraction of sp³-hybridized carbons (Fsp3) is 0.250. The molecule has 0 nitrogen and oxygen atoms in total. The third-order valence-electron chi connectivity index (χ3n) is 5.47. The van der Waals surface area contributed by atoms with Crippen LogP contribution in [0.15, 0.2) is 84.9 Å². The van der Waals surface area contributed by atoms with Gasteiger partial charge in [0.2, 0.25) is 0 Å². The normalized spacial score (nSPS) is 22.3. The van der Waals surface area contributed by atoms with E-state index in [0.29, 0.717) is 17.8 Å². The monoisotopic (exact) mass is 312 g/mol. The molecule has 0 saturated heterocycles. The zero-order chi connectivity index (χ0) is 16.4. The van der Waals surface area contributed by atoms with Gasteiger partial charge >= 0.3 is 0 Å². The van der Waals surface area contributed by atoms with Crippen molar-refractivity contribution in [1.82, 2.24) is 0 Å². The molecule has 0 fully saturated rings. The van der Waals surface area contributed by atoms with Crippen LogP contribution in [0.25, 0.3) is 0 Å². The van der Waals surface area contributed by atoms with Crippen LogP contribution in [0.5, 0.6) is 0 Å². The van der Waals surface area contributed by atoms with Crippen molar-refractivity contribution < 1.29 is 0 Å². The number of hydrogen-bond donors (Lipinski definition) is 0. The van der Waals surface area contributed by atoms with Crippen LogP contribution in [0, 0.1) is 0 Å². The van der Waals surface area contributed by atoms with E-state index in [9.17, 15) is 0 Å². The van der Waals surface area contributed by atoms with Crippen molar-refractivity contribution in [2.75, 3.05) is 0 Å². The summed E-state index contributed by atoms with van der Waals surface area (Å²) in [6, 6.07) is 31.3. The second-order valence-corrected chi connectivity index (χ2v) is 6.85.